The number of benzene rings is 1. The third-order valence-electron chi connectivity index (χ3n) is 5.76. The molecule has 0 spiro atoms. The van der Waals surface area contributed by atoms with Crippen LogP contribution in [0.15, 0.2) is 24.3 Å². The molecule has 0 atom stereocenters. The number of rotatable bonds is 4. The number of hydrogen-bond acceptors (Lipinski definition) is 4. The number of amides is 2. The molecule has 0 aliphatic carbocycles. The van der Waals surface area contributed by atoms with Crippen molar-refractivity contribution in [1.82, 2.24) is 9.80 Å². The second-order valence-electron chi connectivity index (χ2n) is 9.69. The fraction of sp³-hybridized carbons (Fsp3) is 0.636. The zero-order valence-corrected chi connectivity index (χ0v) is 17.9. The minimum atomic E-state index is -0.903. The normalized spacial score (nSPS) is 20.6. The van der Waals surface area contributed by atoms with Crippen molar-refractivity contribution in [2.45, 2.75) is 46.6 Å². The number of carbonyl (C=O) groups is 2. The molecule has 2 aliphatic rings. The lowest BCUT2D eigenvalue weighted by Crippen LogP contribution is -2.61. The van der Waals surface area contributed by atoms with Crippen LogP contribution >= 0.6 is 0 Å². The Morgan fingerprint density at radius 2 is 1.68 bits per heavy atom. The van der Waals surface area contributed by atoms with Crippen molar-refractivity contribution < 1.29 is 9.59 Å². The molecule has 0 radical (unpaired) electrons. The lowest BCUT2D eigenvalue weighted by Gasteiger charge is -2.43. The van der Waals surface area contributed by atoms with E-state index in [4.69, 9.17) is 0 Å². The standard InChI is InChI=1S/C22H34N4O2/c1-21(2,3)10-11-24-12-14-25(15-13-24)16-19(27)26-18-9-7-6-8-17(18)23-20(28)22(26,4)5/h6-9H,10-16H2,1-5H3,(H,23,28). The Labute approximate surface area is 168 Å². The summed E-state index contributed by atoms with van der Waals surface area (Å²) in [6.07, 6.45) is 1.18. The first-order chi connectivity index (χ1) is 13.1. The van der Waals surface area contributed by atoms with Gasteiger partial charge in [-0.2, -0.15) is 0 Å². The minimum Gasteiger partial charge on any atom is -0.322 e. The molecule has 1 aromatic carbocycles. The maximum Gasteiger partial charge on any atom is 0.250 e. The van der Waals surface area contributed by atoms with E-state index in [0.29, 0.717) is 17.6 Å². The molecule has 0 bridgehead atoms. The number of fused-ring (bicyclic) bond motifs is 1. The summed E-state index contributed by atoms with van der Waals surface area (Å²) in [5.41, 5.74) is 0.925. The zero-order chi connectivity index (χ0) is 20.5. The number of piperazine rings is 1. The SMILES string of the molecule is CC(C)(C)CCN1CCN(CC(=O)N2c3ccccc3NC(=O)C2(C)C)CC1. The van der Waals surface area contributed by atoms with Crippen LogP contribution in [0.1, 0.15) is 41.0 Å². The zero-order valence-electron chi connectivity index (χ0n) is 17.9. The van der Waals surface area contributed by atoms with Gasteiger partial charge in [0.15, 0.2) is 0 Å². The molecule has 6 nitrogen and oxygen atoms in total. The summed E-state index contributed by atoms with van der Waals surface area (Å²) in [4.78, 5) is 32.1. The van der Waals surface area contributed by atoms with Crippen LogP contribution in [-0.4, -0.2) is 66.4 Å². The largest absolute Gasteiger partial charge is 0.322 e. The van der Waals surface area contributed by atoms with Crippen molar-refractivity contribution in [3.63, 3.8) is 0 Å². The van der Waals surface area contributed by atoms with Crippen LogP contribution in [0, 0.1) is 5.41 Å². The summed E-state index contributed by atoms with van der Waals surface area (Å²) in [5.74, 6) is -0.165. The van der Waals surface area contributed by atoms with Gasteiger partial charge in [0.2, 0.25) is 11.8 Å². The number of anilines is 2. The first-order valence-electron chi connectivity index (χ1n) is 10.3. The van der Waals surface area contributed by atoms with Gasteiger partial charge in [-0.25, -0.2) is 0 Å². The van der Waals surface area contributed by atoms with Gasteiger partial charge in [0.1, 0.15) is 5.54 Å². The molecule has 3 rings (SSSR count). The van der Waals surface area contributed by atoms with Crippen molar-refractivity contribution in [3.05, 3.63) is 24.3 Å². The number of hydrogen-bond donors (Lipinski definition) is 1. The van der Waals surface area contributed by atoms with Gasteiger partial charge in [0.25, 0.3) is 0 Å². The van der Waals surface area contributed by atoms with E-state index >= 15 is 0 Å². The van der Waals surface area contributed by atoms with Crippen molar-refractivity contribution in [2.75, 3.05) is 49.5 Å². The van der Waals surface area contributed by atoms with E-state index in [2.05, 4.69) is 35.9 Å². The Hall–Kier alpha value is -1.92. The monoisotopic (exact) mass is 386 g/mol. The molecule has 1 aromatic rings. The Morgan fingerprint density at radius 3 is 2.32 bits per heavy atom. The Kier molecular flexibility index (Phi) is 5.82. The van der Waals surface area contributed by atoms with E-state index in [-0.39, 0.29) is 11.8 Å². The molecule has 1 fully saturated rings. The maximum absolute atomic E-state index is 13.2. The predicted octanol–water partition coefficient (Wildman–Crippen LogP) is 2.80. The van der Waals surface area contributed by atoms with Crippen LogP contribution in [-0.2, 0) is 9.59 Å². The smallest absolute Gasteiger partial charge is 0.250 e. The lowest BCUT2D eigenvalue weighted by molar-refractivity contribution is -0.127. The highest BCUT2D eigenvalue weighted by molar-refractivity contribution is 6.14. The quantitative estimate of drug-likeness (QED) is 0.865. The van der Waals surface area contributed by atoms with Gasteiger partial charge in [-0.1, -0.05) is 32.9 Å². The first-order valence-corrected chi connectivity index (χ1v) is 10.3. The Bertz CT molecular complexity index is 730. The van der Waals surface area contributed by atoms with E-state index in [1.165, 1.54) is 6.42 Å². The first kappa shape index (κ1) is 20.8. The van der Waals surface area contributed by atoms with Crippen LogP contribution in [0.5, 0.6) is 0 Å². The summed E-state index contributed by atoms with van der Waals surface area (Å²) in [5, 5.41) is 2.92. The molecule has 1 saturated heterocycles. The molecular formula is C22H34N4O2. The summed E-state index contributed by atoms with van der Waals surface area (Å²) >= 11 is 0. The molecule has 2 aliphatic heterocycles. The van der Waals surface area contributed by atoms with E-state index in [1.807, 2.05) is 24.3 Å². The number of nitrogens with one attached hydrogen (secondary N) is 1. The van der Waals surface area contributed by atoms with Crippen molar-refractivity contribution in [1.29, 1.82) is 0 Å². The van der Waals surface area contributed by atoms with Crippen molar-refractivity contribution in [3.8, 4) is 0 Å². The van der Waals surface area contributed by atoms with Crippen LogP contribution in [0.2, 0.25) is 0 Å². The van der Waals surface area contributed by atoms with Gasteiger partial charge in [-0.3, -0.25) is 19.4 Å². The fourth-order valence-corrected chi connectivity index (χ4v) is 3.82. The Balaban J connectivity index is 1.63. The van der Waals surface area contributed by atoms with Gasteiger partial charge < -0.3 is 10.2 Å². The highest BCUT2D eigenvalue weighted by Gasteiger charge is 2.43. The van der Waals surface area contributed by atoms with Gasteiger partial charge in [0, 0.05) is 26.2 Å². The average molecular weight is 387 g/mol. The van der Waals surface area contributed by atoms with Crippen molar-refractivity contribution in [2.24, 2.45) is 5.41 Å². The summed E-state index contributed by atoms with van der Waals surface area (Å²) in [6.45, 7) is 15.6. The summed E-state index contributed by atoms with van der Waals surface area (Å²) in [7, 11) is 0. The lowest BCUT2D eigenvalue weighted by atomic mass is 9.92. The Morgan fingerprint density at radius 1 is 1.07 bits per heavy atom. The second-order valence-corrected chi connectivity index (χ2v) is 9.69. The molecule has 2 amide bonds. The fourth-order valence-electron chi connectivity index (χ4n) is 3.82. The van der Waals surface area contributed by atoms with E-state index in [0.717, 1.165) is 38.4 Å². The van der Waals surface area contributed by atoms with Crippen LogP contribution < -0.4 is 10.2 Å². The molecule has 28 heavy (non-hydrogen) atoms. The number of nitrogens with zero attached hydrogens (tertiary/aromatic N) is 3. The highest BCUT2D eigenvalue weighted by Crippen LogP contribution is 2.36. The third-order valence-corrected chi connectivity index (χ3v) is 5.76. The van der Waals surface area contributed by atoms with Gasteiger partial charge in [0.05, 0.1) is 17.9 Å². The van der Waals surface area contributed by atoms with Crippen molar-refractivity contribution >= 4 is 23.2 Å². The molecule has 0 saturated carbocycles. The molecule has 0 unspecified atom stereocenters. The molecular weight excluding hydrogens is 352 g/mol. The summed E-state index contributed by atoms with van der Waals surface area (Å²) in [6, 6.07) is 7.52. The molecule has 0 aromatic heterocycles. The number of carbonyl (C=O) groups excluding carboxylic acids is 2. The van der Waals surface area contributed by atoms with E-state index in [9.17, 15) is 9.59 Å². The van der Waals surface area contributed by atoms with Gasteiger partial charge in [-0.05, 0) is 44.4 Å². The summed E-state index contributed by atoms with van der Waals surface area (Å²) < 4.78 is 0. The molecule has 154 valence electrons. The predicted molar refractivity (Wildman–Crippen MR) is 114 cm³/mol. The second kappa shape index (κ2) is 7.84. The maximum atomic E-state index is 13.2. The average Bonchev–Trinajstić information content (AvgIpc) is 2.61. The molecule has 2 heterocycles. The van der Waals surface area contributed by atoms with Crippen LogP contribution in [0.3, 0.4) is 0 Å². The van der Waals surface area contributed by atoms with E-state index < -0.39 is 5.54 Å². The topological polar surface area (TPSA) is 55.9 Å². The third kappa shape index (κ3) is 4.55. The van der Waals surface area contributed by atoms with Gasteiger partial charge in [-0.15, -0.1) is 0 Å². The molecule has 6 heteroatoms. The highest BCUT2D eigenvalue weighted by atomic mass is 16.2. The van der Waals surface area contributed by atoms with Crippen LogP contribution in [0.25, 0.3) is 0 Å². The molecule has 1 N–H and O–H groups in total. The van der Waals surface area contributed by atoms with Crippen LogP contribution in [0.4, 0.5) is 11.4 Å². The van der Waals surface area contributed by atoms with E-state index in [1.54, 1.807) is 18.7 Å². The number of para-hydroxylation sites is 2. The minimum absolute atomic E-state index is 0.0181. The van der Waals surface area contributed by atoms with Gasteiger partial charge >= 0.3 is 0 Å².